The van der Waals surface area contributed by atoms with E-state index in [1.807, 2.05) is 0 Å². The monoisotopic (exact) mass is 277 g/mol. The van der Waals surface area contributed by atoms with Crippen molar-refractivity contribution in [1.82, 2.24) is 0 Å². The Kier molecular flexibility index (Phi) is 2.49. The fourth-order valence-corrected chi connectivity index (χ4v) is 2.99. The van der Waals surface area contributed by atoms with E-state index in [-0.39, 0.29) is 17.2 Å². The molecule has 1 aliphatic heterocycles. The van der Waals surface area contributed by atoms with Gasteiger partial charge < -0.3 is 9.84 Å². The van der Waals surface area contributed by atoms with Crippen LogP contribution in [0.1, 0.15) is 15.2 Å². The summed E-state index contributed by atoms with van der Waals surface area (Å²) in [4.78, 5) is 22.2. The van der Waals surface area contributed by atoms with E-state index < -0.39 is 10.9 Å². The van der Waals surface area contributed by atoms with E-state index in [1.54, 1.807) is 6.07 Å². The average Bonchev–Trinajstić information content (AvgIpc) is 2.82. The smallest absolute Gasteiger partial charge is 0.345 e. The number of thiophene rings is 1. The van der Waals surface area contributed by atoms with Crippen molar-refractivity contribution < 1.29 is 19.6 Å². The second kappa shape index (κ2) is 4.06. The van der Waals surface area contributed by atoms with Crippen LogP contribution >= 0.6 is 11.3 Å². The number of fused-ring (bicyclic) bond motifs is 3. The Balaban J connectivity index is 2.18. The van der Waals surface area contributed by atoms with Gasteiger partial charge in [0.15, 0.2) is 0 Å². The maximum Gasteiger partial charge on any atom is 0.345 e. The molecule has 1 N–H and O–H groups in total. The Bertz CT molecular complexity index is 706. The first-order chi connectivity index (χ1) is 9.06. The molecule has 0 saturated carbocycles. The van der Waals surface area contributed by atoms with Gasteiger partial charge in [-0.3, -0.25) is 10.1 Å². The maximum atomic E-state index is 11.0. The highest BCUT2D eigenvalue weighted by molar-refractivity contribution is 7.17. The molecule has 6 nitrogen and oxygen atoms in total. The Morgan fingerprint density at radius 2 is 2.21 bits per heavy atom. The summed E-state index contributed by atoms with van der Waals surface area (Å²) in [6, 6.07) is 5.87. The molecule has 96 valence electrons. The second-order valence-corrected chi connectivity index (χ2v) is 5.05. The van der Waals surface area contributed by atoms with Crippen LogP contribution in [0, 0.1) is 10.1 Å². The standard InChI is InChI=1S/C12H7NO5S/c14-12(15)10-3-6-5-18-9-2-1-7(13(16)17)4-8(9)11(6)19-10/h1-4H,5H2,(H,14,15). The minimum atomic E-state index is -1.01. The van der Waals surface area contributed by atoms with E-state index in [4.69, 9.17) is 9.84 Å². The summed E-state index contributed by atoms with van der Waals surface area (Å²) in [5.41, 5.74) is 1.28. The number of benzene rings is 1. The molecule has 0 aliphatic carbocycles. The Morgan fingerprint density at radius 3 is 2.89 bits per heavy atom. The molecule has 3 rings (SSSR count). The number of nitrogens with zero attached hydrogens (tertiary/aromatic N) is 1. The highest BCUT2D eigenvalue weighted by Gasteiger charge is 2.24. The number of carbonyl (C=O) groups is 1. The molecule has 2 aromatic rings. The number of nitro groups is 1. The lowest BCUT2D eigenvalue weighted by atomic mass is 10.1. The van der Waals surface area contributed by atoms with Crippen LogP contribution in [0.25, 0.3) is 10.4 Å². The quantitative estimate of drug-likeness (QED) is 0.673. The van der Waals surface area contributed by atoms with E-state index >= 15 is 0 Å². The first kappa shape index (κ1) is 11.7. The van der Waals surface area contributed by atoms with Crippen molar-refractivity contribution in [2.45, 2.75) is 6.61 Å². The van der Waals surface area contributed by atoms with Crippen molar-refractivity contribution >= 4 is 23.0 Å². The fraction of sp³-hybridized carbons (Fsp3) is 0.0833. The summed E-state index contributed by atoms with van der Waals surface area (Å²) in [5.74, 6) is -0.469. The molecule has 7 heteroatoms. The molecule has 0 unspecified atom stereocenters. The largest absolute Gasteiger partial charge is 0.488 e. The number of carboxylic acid groups (broad SMARTS) is 1. The van der Waals surface area contributed by atoms with Gasteiger partial charge in [-0.25, -0.2) is 4.79 Å². The van der Waals surface area contributed by atoms with Gasteiger partial charge >= 0.3 is 5.97 Å². The Hall–Kier alpha value is -2.41. The lowest BCUT2D eigenvalue weighted by molar-refractivity contribution is -0.384. The number of carboxylic acids is 1. The van der Waals surface area contributed by atoms with Crippen molar-refractivity contribution in [3.8, 4) is 16.2 Å². The van der Waals surface area contributed by atoms with Gasteiger partial charge in [0.25, 0.3) is 5.69 Å². The van der Waals surface area contributed by atoms with E-state index in [9.17, 15) is 14.9 Å². The summed E-state index contributed by atoms with van der Waals surface area (Å²) < 4.78 is 5.47. The number of nitro benzene ring substituents is 1. The molecule has 2 heterocycles. The third kappa shape index (κ3) is 1.84. The van der Waals surface area contributed by atoms with Gasteiger partial charge in [0.1, 0.15) is 17.2 Å². The SMILES string of the molecule is O=C(O)c1cc2c(s1)-c1cc([N+](=O)[O-])ccc1OC2. The van der Waals surface area contributed by atoms with E-state index in [0.717, 1.165) is 21.8 Å². The predicted octanol–water partition coefficient (Wildman–Crippen LogP) is 2.91. The number of hydrogen-bond acceptors (Lipinski definition) is 5. The molecule has 0 bridgehead atoms. The highest BCUT2D eigenvalue weighted by atomic mass is 32.1. The van der Waals surface area contributed by atoms with E-state index in [1.165, 1.54) is 18.2 Å². The summed E-state index contributed by atoms with van der Waals surface area (Å²) in [5, 5.41) is 19.8. The van der Waals surface area contributed by atoms with Gasteiger partial charge in [-0.2, -0.15) is 0 Å². The average molecular weight is 277 g/mol. The van der Waals surface area contributed by atoms with Crippen LogP contribution in [0.15, 0.2) is 24.3 Å². The third-order valence-corrected chi connectivity index (χ3v) is 4.02. The summed E-state index contributed by atoms with van der Waals surface area (Å²) in [6.07, 6.45) is 0. The fourth-order valence-electron chi connectivity index (χ4n) is 1.96. The molecule has 0 amide bonds. The second-order valence-electron chi connectivity index (χ2n) is 4.00. The molecule has 1 aliphatic rings. The van der Waals surface area contributed by atoms with Gasteiger partial charge in [-0.1, -0.05) is 0 Å². The molecule has 0 spiro atoms. The molecule has 0 radical (unpaired) electrons. The predicted molar refractivity (Wildman–Crippen MR) is 67.7 cm³/mol. The Labute approximate surface area is 111 Å². The van der Waals surface area contributed by atoms with E-state index in [0.29, 0.717) is 11.3 Å². The molecule has 1 aromatic carbocycles. The van der Waals surface area contributed by atoms with Crippen LogP contribution < -0.4 is 4.74 Å². The summed E-state index contributed by atoms with van der Waals surface area (Å²) >= 11 is 1.10. The normalized spacial score (nSPS) is 12.2. The number of hydrogen-bond donors (Lipinski definition) is 1. The number of non-ortho nitro benzene ring substituents is 1. The molecule has 19 heavy (non-hydrogen) atoms. The lowest BCUT2D eigenvalue weighted by Gasteiger charge is -2.16. The number of aromatic carboxylic acids is 1. The van der Waals surface area contributed by atoms with Gasteiger partial charge in [0.2, 0.25) is 0 Å². The molecular formula is C12H7NO5S. The van der Waals surface area contributed by atoms with Crippen LogP contribution in [0.3, 0.4) is 0 Å². The third-order valence-electron chi connectivity index (χ3n) is 2.82. The summed E-state index contributed by atoms with van der Waals surface area (Å²) in [7, 11) is 0. The van der Waals surface area contributed by atoms with Crippen LogP contribution in [0.2, 0.25) is 0 Å². The zero-order valence-electron chi connectivity index (χ0n) is 9.45. The zero-order chi connectivity index (χ0) is 13.6. The van der Waals surface area contributed by atoms with Crippen molar-refractivity contribution in [1.29, 1.82) is 0 Å². The van der Waals surface area contributed by atoms with Crippen LogP contribution in [0.5, 0.6) is 5.75 Å². The molecular weight excluding hydrogens is 270 g/mol. The van der Waals surface area contributed by atoms with Gasteiger partial charge in [0, 0.05) is 28.1 Å². The minimum absolute atomic E-state index is 0.0412. The maximum absolute atomic E-state index is 11.0. The van der Waals surface area contributed by atoms with Crippen molar-refractivity contribution in [3.05, 3.63) is 44.8 Å². The van der Waals surface area contributed by atoms with Crippen molar-refractivity contribution in [2.75, 3.05) is 0 Å². The summed E-state index contributed by atoms with van der Waals surface area (Å²) in [6.45, 7) is 0.282. The van der Waals surface area contributed by atoms with E-state index in [2.05, 4.69) is 0 Å². The van der Waals surface area contributed by atoms with Gasteiger partial charge in [-0.05, 0) is 12.1 Å². The lowest BCUT2D eigenvalue weighted by Crippen LogP contribution is -2.03. The topological polar surface area (TPSA) is 89.7 Å². The minimum Gasteiger partial charge on any atom is -0.488 e. The zero-order valence-corrected chi connectivity index (χ0v) is 10.3. The van der Waals surface area contributed by atoms with Gasteiger partial charge in [-0.15, -0.1) is 11.3 Å². The molecule has 0 fully saturated rings. The van der Waals surface area contributed by atoms with Crippen molar-refractivity contribution in [2.24, 2.45) is 0 Å². The number of ether oxygens (including phenoxy) is 1. The number of rotatable bonds is 2. The Morgan fingerprint density at radius 1 is 1.42 bits per heavy atom. The van der Waals surface area contributed by atoms with Crippen LogP contribution in [0.4, 0.5) is 5.69 Å². The molecule has 0 saturated heterocycles. The first-order valence-electron chi connectivity index (χ1n) is 5.34. The molecule has 0 atom stereocenters. The first-order valence-corrected chi connectivity index (χ1v) is 6.15. The van der Waals surface area contributed by atoms with Crippen molar-refractivity contribution in [3.63, 3.8) is 0 Å². The van der Waals surface area contributed by atoms with Crippen LogP contribution in [-0.2, 0) is 6.61 Å². The van der Waals surface area contributed by atoms with Gasteiger partial charge in [0.05, 0.1) is 4.92 Å². The van der Waals surface area contributed by atoms with Crippen LogP contribution in [-0.4, -0.2) is 16.0 Å². The molecule has 1 aromatic heterocycles. The highest BCUT2D eigenvalue weighted by Crippen LogP contribution is 2.43.